The van der Waals surface area contributed by atoms with Crippen LogP contribution in [-0.2, 0) is 4.74 Å². The minimum atomic E-state index is 0.583. The van der Waals surface area contributed by atoms with E-state index >= 15 is 0 Å². The Morgan fingerprint density at radius 2 is 2.45 bits per heavy atom. The van der Waals surface area contributed by atoms with Crippen molar-refractivity contribution in [3.63, 3.8) is 0 Å². The largest absolute Gasteiger partial charge is 0.477 e. The van der Waals surface area contributed by atoms with E-state index in [2.05, 4.69) is 17.6 Å². The van der Waals surface area contributed by atoms with Gasteiger partial charge in [-0.2, -0.15) is 0 Å². The molecule has 0 aromatic carbocycles. The van der Waals surface area contributed by atoms with Crippen LogP contribution in [0.25, 0.3) is 0 Å². The van der Waals surface area contributed by atoms with Gasteiger partial charge in [-0.05, 0) is 6.92 Å². The third-order valence-electron chi connectivity index (χ3n) is 1.37. The summed E-state index contributed by atoms with van der Waals surface area (Å²) in [5, 5.41) is 0. The highest BCUT2D eigenvalue weighted by atomic mass is 32.1. The van der Waals surface area contributed by atoms with Crippen LogP contribution in [0.5, 0.6) is 0 Å². The summed E-state index contributed by atoms with van der Waals surface area (Å²) >= 11 is 4.17. The van der Waals surface area contributed by atoms with Gasteiger partial charge in [-0.1, -0.05) is 0 Å². The lowest BCUT2D eigenvalue weighted by molar-refractivity contribution is 0.285. The van der Waals surface area contributed by atoms with Gasteiger partial charge in [0.15, 0.2) is 0 Å². The van der Waals surface area contributed by atoms with E-state index in [-0.39, 0.29) is 0 Å². The van der Waals surface area contributed by atoms with E-state index in [4.69, 9.17) is 10.5 Å². The zero-order valence-corrected chi connectivity index (χ0v) is 7.40. The summed E-state index contributed by atoms with van der Waals surface area (Å²) in [5.74, 6) is 0.583. The molecule has 0 aromatic rings. The number of hydrogen-bond donors (Lipinski definition) is 2. The molecule has 0 atom stereocenters. The van der Waals surface area contributed by atoms with Crippen molar-refractivity contribution in [3.05, 3.63) is 10.6 Å². The fourth-order valence-electron chi connectivity index (χ4n) is 0.772. The van der Waals surface area contributed by atoms with Crippen LogP contribution in [0.1, 0.15) is 13.3 Å². The molecule has 0 radical (unpaired) electrons. The number of hydrogen-bond acceptors (Lipinski definition) is 4. The van der Waals surface area contributed by atoms with Gasteiger partial charge in [0.05, 0.1) is 11.5 Å². The molecule has 0 bridgehead atoms. The van der Waals surface area contributed by atoms with Crippen molar-refractivity contribution < 1.29 is 4.74 Å². The quantitative estimate of drug-likeness (QED) is 0.578. The Morgan fingerprint density at radius 3 is 2.91 bits per heavy atom. The molecule has 1 aliphatic heterocycles. The van der Waals surface area contributed by atoms with Crippen molar-refractivity contribution in [3.8, 4) is 0 Å². The maximum absolute atomic E-state index is 5.51. The number of thiol groups is 1. The van der Waals surface area contributed by atoms with Crippen LogP contribution < -0.4 is 5.73 Å². The first-order valence-electron chi connectivity index (χ1n) is 3.54. The Morgan fingerprint density at radius 1 is 1.73 bits per heavy atom. The number of allylic oxidation sites excluding steroid dienone is 1. The molecule has 4 heteroatoms. The van der Waals surface area contributed by atoms with Crippen LogP contribution in [-0.4, -0.2) is 19.0 Å². The first-order chi connectivity index (χ1) is 5.22. The fourth-order valence-corrected chi connectivity index (χ4v) is 0.907. The predicted molar refractivity (Wildman–Crippen MR) is 48.7 cm³/mol. The van der Waals surface area contributed by atoms with Crippen molar-refractivity contribution in [2.75, 3.05) is 13.2 Å². The number of ether oxygens (including phenoxy) is 1. The Kier molecular flexibility index (Phi) is 2.82. The standard InChI is InChI=1S/C7H12N2OS/c1-5(8)6(11)7-9-3-2-4-10-7/h11H,2-4,8H2,1H3. The molecule has 0 spiro atoms. The normalized spacial score (nSPS) is 20.0. The van der Waals surface area contributed by atoms with Gasteiger partial charge in [0.2, 0.25) is 5.90 Å². The third kappa shape index (κ3) is 2.15. The van der Waals surface area contributed by atoms with Crippen LogP contribution in [0, 0.1) is 0 Å². The SMILES string of the molecule is CC(N)=C(S)C1=NCCCO1. The van der Waals surface area contributed by atoms with E-state index in [0.717, 1.165) is 19.6 Å². The second-order valence-corrected chi connectivity index (χ2v) is 2.87. The van der Waals surface area contributed by atoms with Gasteiger partial charge in [-0.3, -0.25) is 4.99 Å². The number of nitrogens with zero attached hydrogens (tertiary/aromatic N) is 1. The van der Waals surface area contributed by atoms with E-state index in [1.165, 1.54) is 0 Å². The smallest absolute Gasteiger partial charge is 0.224 e. The second kappa shape index (κ2) is 3.67. The van der Waals surface area contributed by atoms with Gasteiger partial charge < -0.3 is 10.5 Å². The first kappa shape index (κ1) is 8.46. The molecule has 0 saturated heterocycles. The van der Waals surface area contributed by atoms with Crippen molar-refractivity contribution >= 4 is 18.5 Å². The number of nitrogens with two attached hydrogens (primary N) is 1. The molecule has 0 unspecified atom stereocenters. The van der Waals surface area contributed by atoms with Crippen molar-refractivity contribution in [1.29, 1.82) is 0 Å². The zero-order valence-electron chi connectivity index (χ0n) is 6.50. The molecule has 0 aliphatic carbocycles. The first-order valence-corrected chi connectivity index (χ1v) is 3.99. The molecule has 1 rings (SSSR count). The summed E-state index contributed by atoms with van der Waals surface area (Å²) in [4.78, 5) is 4.79. The lowest BCUT2D eigenvalue weighted by Crippen LogP contribution is -2.16. The highest BCUT2D eigenvalue weighted by molar-refractivity contribution is 7.85. The molecule has 1 heterocycles. The van der Waals surface area contributed by atoms with E-state index in [9.17, 15) is 0 Å². The molecule has 0 amide bonds. The van der Waals surface area contributed by atoms with Crippen LogP contribution >= 0.6 is 12.6 Å². The minimum Gasteiger partial charge on any atom is -0.477 e. The van der Waals surface area contributed by atoms with Gasteiger partial charge in [0.1, 0.15) is 0 Å². The molecule has 62 valence electrons. The van der Waals surface area contributed by atoms with Crippen LogP contribution in [0.3, 0.4) is 0 Å². The topological polar surface area (TPSA) is 47.6 Å². The molecule has 0 fully saturated rings. The van der Waals surface area contributed by atoms with E-state index in [0.29, 0.717) is 16.5 Å². The van der Waals surface area contributed by atoms with Crippen LogP contribution in [0.2, 0.25) is 0 Å². The Bertz CT molecular complexity index is 206. The van der Waals surface area contributed by atoms with Gasteiger partial charge in [0, 0.05) is 18.7 Å². The summed E-state index contributed by atoms with van der Waals surface area (Å²) in [6, 6.07) is 0. The molecular weight excluding hydrogens is 160 g/mol. The Hall–Kier alpha value is -0.640. The van der Waals surface area contributed by atoms with E-state index < -0.39 is 0 Å². The monoisotopic (exact) mass is 172 g/mol. The van der Waals surface area contributed by atoms with Gasteiger partial charge >= 0.3 is 0 Å². The van der Waals surface area contributed by atoms with Crippen molar-refractivity contribution in [2.24, 2.45) is 10.7 Å². The second-order valence-electron chi connectivity index (χ2n) is 2.42. The van der Waals surface area contributed by atoms with E-state index in [1.54, 1.807) is 6.92 Å². The maximum atomic E-state index is 5.51. The average Bonchev–Trinajstić information content (AvgIpc) is 2.05. The highest BCUT2D eigenvalue weighted by Crippen LogP contribution is 2.11. The summed E-state index contributed by atoms with van der Waals surface area (Å²) < 4.78 is 5.24. The van der Waals surface area contributed by atoms with Gasteiger partial charge in [-0.25, -0.2) is 0 Å². The van der Waals surface area contributed by atoms with Crippen molar-refractivity contribution in [1.82, 2.24) is 0 Å². The molecule has 0 saturated carbocycles. The summed E-state index contributed by atoms with van der Waals surface area (Å²) in [7, 11) is 0. The molecule has 3 nitrogen and oxygen atoms in total. The number of rotatable bonds is 1. The Labute approximate surface area is 71.7 Å². The highest BCUT2D eigenvalue weighted by Gasteiger charge is 2.09. The van der Waals surface area contributed by atoms with E-state index in [1.807, 2.05) is 0 Å². The lowest BCUT2D eigenvalue weighted by Gasteiger charge is -2.13. The average molecular weight is 172 g/mol. The minimum absolute atomic E-state index is 0.583. The van der Waals surface area contributed by atoms with Crippen LogP contribution in [0.4, 0.5) is 0 Å². The molecule has 2 N–H and O–H groups in total. The maximum Gasteiger partial charge on any atom is 0.224 e. The zero-order chi connectivity index (χ0) is 8.27. The Balaban J connectivity index is 2.74. The molecular formula is C7H12N2OS. The lowest BCUT2D eigenvalue weighted by atomic mass is 10.4. The van der Waals surface area contributed by atoms with Gasteiger partial charge in [0.25, 0.3) is 0 Å². The fraction of sp³-hybridized carbons (Fsp3) is 0.571. The summed E-state index contributed by atoms with van der Waals surface area (Å²) in [5.41, 5.74) is 6.16. The predicted octanol–water partition coefficient (Wildman–Crippen LogP) is 0.925. The number of aliphatic imine (C=N–C) groups is 1. The molecule has 0 aromatic heterocycles. The molecule has 1 aliphatic rings. The summed E-state index contributed by atoms with van der Waals surface area (Å²) in [6.07, 6.45) is 0.980. The van der Waals surface area contributed by atoms with Crippen molar-refractivity contribution in [2.45, 2.75) is 13.3 Å². The summed E-state index contributed by atoms with van der Waals surface area (Å²) in [6.45, 7) is 3.31. The third-order valence-corrected chi connectivity index (χ3v) is 1.92. The van der Waals surface area contributed by atoms with Gasteiger partial charge in [-0.15, -0.1) is 12.6 Å². The molecule has 11 heavy (non-hydrogen) atoms. The van der Waals surface area contributed by atoms with Crippen LogP contribution in [0.15, 0.2) is 15.6 Å².